The Labute approximate surface area is 165 Å². The zero-order chi connectivity index (χ0) is 19.9. The van der Waals surface area contributed by atoms with Gasteiger partial charge >= 0.3 is 0 Å². The predicted octanol–water partition coefficient (Wildman–Crippen LogP) is 1.09. The molecule has 7 nitrogen and oxygen atoms in total. The summed E-state index contributed by atoms with van der Waals surface area (Å²) in [6.07, 6.45) is 0.765. The average Bonchev–Trinajstić information content (AvgIpc) is 2.84. The molecule has 3 atom stereocenters. The van der Waals surface area contributed by atoms with Gasteiger partial charge in [-0.15, -0.1) is 0 Å². The van der Waals surface area contributed by atoms with Crippen molar-refractivity contribution >= 4 is 5.91 Å². The summed E-state index contributed by atoms with van der Waals surface area (Å²) in [5.74, 6) is 0.622. The van der Waals surface area contributed by atoms with Crippen molar-refractivity contribution in [2.75, 3.05) is 13.1 Å². The first-order valence-electron chi connectivity index (χ1n) is 9.48. The van der Waals surface area contributed by atoms with Gasteiger partial charge in [0.15, 0.2) is 0 Å². The summed E-state index contributed by atoms with van der Waals surface area (Å²) in [6.45, 7) is 2.90. The first-order chi connectivity index (χ1) is 13.5. The van der Waals surface area contributed by atoms with Crippen molar-refractivity contribution in [2.45, 2.75) is 44.7 Å². The number of nitrogens with zero attached hydrogens (tertiary/aromatic N) is 2. The van der Waals surface area contributed by atoms with Crippen LogP contribution in [-0.2, 0) is 17.9 Å². The Morgan fingerprint density at radius 3 is 2.68 bits per heavy atom. The van der Waals surface area contributed by atoms with E-state index in [1.165, 1.54) is 11.8 Å². The van der Waals surface area contributed by atoms with Crippen LogP contribution in [0, 0.1) is 0 Å². The highest BCUT2D eigenvalue weighted by molar-refractivity contribution is 5.73. The van der Waals surface area contributed by atoms with Gasteiger partial charge in [0.25, 0.3) is 0 Å². The highest BCUT2D eigenvalue weighted by atomic mass is 16.5. The van der Waals surface area contributed by atoms with Crippen molar-refractivity contribution in [1.29, 1.82) is 0 Å². The minimum absolute atomic E-state index is 0.139. The summed E-state index contributed by atoms with van der Waals surface area (Å²) in [7, 11) is 0. The van der Waals surface area contributed by atoms with E-state index in [1.807, 2.05) is 42.5 Å². The maximum Gasteiger partial charge on any atom is 0.219 e. The van der Waals surface area contributed by atoms with Gasteiger partial charge in [-0.2, -0.15) is 0 Å². The smallest absolute Gasteiger partial charge is 0.219 e. The van der Waals surface area contributed by atoms with Crippen LogP contribution in [0.3, 0.4) is 0 Å². The van der Waals surface area contributed by atoms with Gasteiger partial charge in [0, 0.05) is 38.8 Å². The molecule has 2 aromatic rings. The Hall–Kier alpha value is -2.48. The highest BCUT2D eigenvalue weighted by Crippen LogP contribution is 2.16. The fourth-order valence-electron chi connectivity index (χ4n) is 3.28. The van der Waals surface area contributed by atoms with Crippen molar-refractivity contribution in [3.63, 3.8) is 0 Å². The summed E-state index contributed by atoms with van der Waals surface area (Å²) in [5, 5.41) is 23.8. The molecule has 0 spiro atoms. The van der Waals surface area contributed by atoms with E-state index in [1.54, 1.807) is 6.20 Å². The Bertz CT molecular complexity index is 754. The molecule has 1 aliphatic heterocycles. The molecule has 1 aliphatic rings. The Morgan fingerprint density at radius 2 is 2.00 bits per heavy atom. The summed E-state index contributed by atoms with van der Waals surface area (Å²) in [6, 6.07) is 13.1. The van der Waals surface area contributed by atoms with Gasteiger partial charge in [-0.3, -0.25) is 9.78 Å². The normalized spacial score (nSPS) is 22.5. The number of likely N-dealkylation sites (tertiary alicyclic amines) is 1. The number of hydrogen-bond donors (Lipinski definition) is 3. The van der Waals surface area contributed by atoms with E-state index in [0.29, 0.717) is 19.6 Å². The number of carbonyl (C=O) groups is 1. The van der Waals surface area contributed by atoms with Crippen molar-refractivity contribution in [3.05, 3.63) is 59.9 Å². The fourth-order valence-corrected chi connectivity index (χ4v) is 3.28. The number of ether oxygens (including phenoxy) is 1. The van der Waals surface area contributed by atoms with Gasteiger partial charge in [-0.25, -0.2) is 0 Å². The van der Waals surface area contributed by atoms with Crippen LogP contribution in [0.4, 0.5) is 0 Å². The number of amides is 1. The van der Waals surface area contributed by atoms with Gasteiger partial charge in [0.1, 0.15) is 12.4 Å². The summed E-state index contributed by atoms with van der Waals surface area (Å²) < 4.78 is 5.73. The van der Waals surface area contributed by atoms with E-state index in [4.69, 9.17) is 4.74 Å². The largest absolute Gasteiger partial charge is 0.487 e. The van der Waals surface area contributed by atoms with Crippen LogP contribution < -0.4 is 10.1 Å². The number of pyridine rings is 1. The van der Waals surface area contributed by atoms with E-state index in [0.717, 1.165) is 17.0 Å². The lowest BCUT2D eigenvalue weighted by atomic mass is 10.0. The maximum atomic E-state index is 11.6. The minimum atomic E-state index is -0.720. The number of nitrogens with one attached hydrogen (secondary N) is 1. The predicted molar refractivity (Wildman–Crippen MR) is 105 cm³/mol. The van der Waals surface area contributed by atoms with Gasteiger partial charge in [-0.1, -0.05) is 18.2 Å². The van der Waals surface area contributed by atoms with Crippen molar-refractivity contribution in [1.82, 2.24) is 15.2 Å². The van der Waals surface area contributed by atoms with Crippen LogP contribution in [0.1, 0.15) is 24.6 Å². The summed E-state index contributed by atoms with van der Waals surface area (Å²) in [4.78, 5) is 17.3. The molecule has 0 radical (unpaired) electrons. The third kappa shape index (κ3) is 5.76. The molecule has 1 aromatic carbocycles. The highest BCUT2D eigenvalue weighted by Gasteiger charge is 2.30. The van der Waals surface area contributed by atoms with Crippen LogP contribution >= 0.6 is 0 Å². The molecule has 3 N–H and O–H groups in total. The number of aliphatic hydroxyl groups excluding tert-OH is 2. The Balaban J connectivity index is 1.50. The van der Waals surface area contributed by atoms with Crippen LogP contribution in [0.25, 0.3) is 0 Å². The summed E-state index contributed by atoms with van der Waals surface area (Å²) in [5.41, 5.74) is 1.91. The molecule has 0 unspecified atom stereocenters. The van der Waals surface area contributed by atoms with Gasteiger partial charge in [0.2, 0.25) is 5.91 Å². The van der Waals surface area contributed by atoms with Gasteiger partial charge < -0.3 is 25.2 Å². The molecule has 28 heavy (non-hydrogen) atoms. The molecule has 1 fully saturated rings. The second-order valence-corrected chi connectivity index (χ2v) is 7.12. The number of carbonyl (C=O) groups excluding carboxylic acids is 1. The third-order valence-corrected chi connectivity index (χ3v) is 4.88. The molecule has 0 saturated carbocycles. The van der Waals surface area contributed by atoms with Gasteiger partial charge in [0.05, 0.1) is 17.9 Å². The van der Waals surface area contributed by atoms with Crippen LogP contribution in [0.15, 0.2) is 48.7 Å². The van der Waals surface area contributed by atoms with E-state index in [9.17, 15) is 15.0 Å². The Kier molecular flexibility index (Phi) is 6.97. The maximum absolute atomic E-state index is 11.6. The third-order valence-electron chi connectivity index (χ3n) is 4.88. The number of β-amino-alcohol motifs (C(OH)–C–C–N with tert-alkyl or cyclic N) is 2. The lowest BCUT2D eigenvalue weighted by Crippen LogP contribution is -2.44. The number of rotatable bonds is 6. The van der Waals surface area contributed by atoms with E-state index >= 15 is 0 Å². The fraction of sp³-hybridized carbons (Fsp3) is 0.429. The number of aromatic nitrogens is 1. The number of aliphatic hydroxyl groups is 2. The molecular weight excluding hydrogens is 358 g/mol. The summed E-state index contributed by atoms with van der Waals surface area (Å²) >= 11 is 0. The molecule has 3 rings (SSSR count). The molecule has 1 saturated heterocycles. The first kappa shape index (κ1) is 20.3. The average molecular weight is 385 g/mol. The van der Waals surface area contributed by atoms with Crippen LogP contribution in [-0.4, -0.2) is 57.3 Å². The molecule has 2 heterocycles. The minimum Gasteiger partial charge on any atom is -0.487 e. The number of benzene rings is 1. The van der Waals surface area contributed by atoms with Crippen LogP contribution in [0.5, 0.6) is 5.75 Å². The lowest BCUT2D eigenvalue weighted by molar-refractivity contribution is -0.131. The standard InChI is InChI=1S/C21H27N3O4/c1-15(25)24-12-18(26)10-20(21(27)13-24)23-11-16-5-7-19(8-6-16)28-14-17-4-2-3-9-22-17/h2-9,18,20-21,23,26-27H,10-14H2,1H3/t18-,20-,21-/m1/s1. The first-order valence-corrected chi connectivity index (χ1v) is 9.48. The lowest BCUT2D eigenvalue weighted by Gasteiger charge is -2.24. The van der Waals surface area contributed by atoms with E-state index < -0.39 is 12.2 Å². The van der Waals surface area contributed by atoms with Gasteiger partial charge in [-0.05, 0) is 36.2 Å². The SMILES string of the molecule is CC(=O)N1C[C@H](O)C[C@@H](NCc2ccc(OCc3ccccn3)cc2)[C@H](O)C1. The van der Waals surface area contributed by atoms with Crippen molar-refractivity contribution in [2.24, 2.45) is 0 Å². The second kappa shape index (κ2) is 9.64. The van der Waals surface area contributed by atoms with Crippen molar-refractivity contribution in [3.8, 4) is 5.75 Å². The van der Waals surface area contributed by atoms with E-state index in [-0.39, 0.29) is 25.0 Å². The zero-order valence-corrected chi connectivity index (χ0v) is 16.0. The molecule has 0 bridgehead atoms. The van der Waals surface area contributed by atoms with Crippen LogP contribution in [0.2, 0.25) is 0 Å². The molecular formula is C21H27N3O4. The van der Waals surface area contributed by atoms with E-state index in [2.05, 4.69) is 10.3 Å². The molecule has 0 aliphatic carbocycles. The quantitative estimate of drug-likeness (QED) is 0.689. The Morgan fingerprint density at radius 1 is 1.21 bits per heavy atom. The second-order valence-electron chi connectivity index (χ2n) is 7.12. The van der Waals surface area contributed by atoms with Crippen molar-refractivity contribution < 1.29 is 19.7 Å². The molecule has 7 heteroatoms. The zero-order valence-electron chi connectivity index (χ0n) is 16.0. The molecule has 1 amide bonds. The topological polar surface area (TPSA) is 94.9 Å². The monoisotopic (exact) mass is 385 g/mol. The molecule has 1 aromatic heterocycles. The molecule has 150 valence electrons. The number of hydrogen-bond acceptors (Lipinski definition) is 6.